The Bertz CT molecular complexity index is 877. The van der Waals surface area contributed by atoms with E-state index in [2.05, 4.69) is 26.0 Å². The maximum absolute atomic E-state index is 13.1. The summed E-state index contributed by atoms with van der Waals surface area (Å²) in [5, 5.41) is 10.7. The second kappa shape index (κ2) is 17.7. The molecule has 0 spiro atoms. The number of primary amides is 1. The molecular weight excluding hydrogens is 480 g/mol. The van der Waals surface area contributed by atoms with E-state index >= 15 is 0 Å². The van der Waals surface area contributed by atoms with Gasteiger partial charge in [-0.1, -0.05) is 32.4 Å². The van der Waals surface area contributed by atoms with Gasteiger partial charge in [0, 0.05) is 18.7 Å². The number of nitrogens with two attached hydrogens (primary N) is 2. The lowest BCUT2D eigenvalue weighted by atomic mass is 10.0. The lowest BCUT2D eigenvalue weighted by Crippen LogP contribution is -2.54. The topological polar surface area (TPSA) is 195 Å². The van der Waals surface area contributed by atoms with Crippen LogP contribution in [0.25, 0.3) is 0 Å². The Kier molecular flexibility index (Phi) is 15.0. The molecule has 12 nitrogen and oxygen atoms in total. The fourth-order valence-corrected chi connectivity index (χ4v) is 3.46. The molecule has 1 radical (unpaired) electrons. The number of amides is 5. The van der Waals surface area contributed by atoms with E-state index in [-0.39, 0.29) is 37.8 Å². The summed E-state index contributed by atoms with van der Waals surface area (Å²) in [6.07, 6.45) is 3.21. The van der Waals surface area contributed by atoms with Gasteiger partial charge in [0.2, 0.25) is 17.7 Å². The molecule has 0 aliphatic heterocycles. The minimum absolute atomic E-state index is 0.0542. The second-order valence-corrected chi connectivity index (χ2v) is 8.94. The first-order valence-electron chi connectivity index (χ1n) is 12.4. The third kappa shape index (κ3) is 13.3. The summed E-state index contributed by atoms with van der Waals surface area (Å²) in [5.41, 5.74) is 11.8. The largest absolute Gasteiger partial charge is 0.452 e. The number of urea groups is 1. The number of benzene rings is 1. The van der Waals surface area contributed by atoms with Gasteiger partial charge >= 0.3 is 12.5 Å². The van der Waals surface area contributed by atoms with E-state index in [1.807, 2.05) is 0 Å². The number of hydrogen-bond acceptors (Lipinski definition) is 7. The average molecular weight is 520 g/mol. The molecule has 8 N–H and O–H groups in total. The molecular formula is C25H39N6O6. The number of hydrogen-bond donors (Lipinski definition) is 6. The molecule has 205 valence electrons. The van der Waals surface area contributed by atoms with Gasteiger partial charge in [0.1, 0.15) is 18.7 Å². The molecule has 37 heavy (non-hydrogen) atoms. The smallest absolute Gasteiger partial charge is 0.417 e. The number of ether oxygens (including phenoxy) is 1. The zero-order valence-electron chi connectivity index (χ0n) is 21.5. The number of carbonyl (C=O) groups excluding carboxylic acids is 5. The highest BCUT2D eigenvalue weighted by Crippen LogP contribution is 2.12. The van der Waals surface area contributed by atoms with Crippen molar-refractivity contribution in [2.45, 2.75) is 71.1 Å². The molecule has 0 bridgehead atoms. The molecule has 0 fully saturated rings. The Morgan fingerprint density at radius 1 is 0.973 bits per heavy atom. The Morgan fingerprint density at radius 3 is 2.27 bits per heavy atom. The van der Waals surface area contributed by atoms with Crippen molar-refractivity contribution in [1.82, 2.24) is 16.0 Å². The predicted molar refractivity (Wildman–Crippen MR) is 139 cm³/mol. The summed E-state index contributed by atoms with van der Waals surface area (Å²) < 4.78 is 4.58. The highest BCUT2D eigenvalue weighted by atomic mass is 16.5. The van der Waals surface area contributed by atoms with Crippen molar-refractivity contribution in [2.24, 2.45) is 17.4 Å². The van der Waals surface area contributed by atoms with Gasteiger partial charge in [0.05, 0.1) is 0 Å². The standard InChI is InChI=1S/C25H39N6O6/c1-17(2)22(31-21(33)8-4-3-5-13-26)24(35)30-20(7-6-14-28-25(27)36)23(34)29-19-11-9-18(10-12-19)15-37-16-32/h9-12,17,20,22H,3-8,13-15,26H2,1-2H3,(H,29,34)(H,30,35)(H,31,33)(H3,27,28,36)/t20-,22-/m0/s1. The number of rotatable bonds is 18. The van der Waals surface area contributed by atoms with E-state index in [9.17, 15) is 24.0 Å². The summed E-state index contributed by atoms with van der Waals surface area (Å²) in [4.78, 5) is 59.7. The Labute approximate surface area is 217 Å². The van der Waals surface area contributed by atoms with Gasteiger partial charge in [-0.15, -0.1) is 0 Å². The summed E-state index contributed by atoms with van der Waals surface area (Å²) >= 11 is 0. The van der Waals surface area contributed by atoms with Crippen LogP contribution in [-0.4, -0.2) is 55.4 Å². The molecule has 0 aromatic heterocycles. The number of nitrogens with one attached hydrogen (secondary N) is 4. The summed E-state index contributed by atoms with van der Waals surface area (Å²) in [7, 11) is 0. The first kappa shape index (κ1) is 31.4. The van der Waals surface area contributed by atoms with E-state index in [1.165, 1.54) is 6.47 Å². The Balaban J connectivity index is 2.85. The van der Waals surface area contributed by atoms with Crippen molar-refractivity contribution in [1.29, 1.82) is 0 Å². The van der Waals surface area contributed by atoms with Crippen LogP contribution in [0.5, 0.6) is 0 Å². The summed E-state index contributed by atoms with van der Waals surface area (Å²) in [6, 6.07) is 4.18. The molecule has 0 saturated heterocycles. The quantitative estimate of drug-likeness (QED) is 0.154. The number of unbranched alkanes of at least 4 members (excludes halogenated alkanes) is 2. The van der Waals surface area contributed by atoms with E-state index in [0.29, 0.717) is 30.6 Å². The SMILES string of the molecule is CC(C)[C@H](NC(=O)CCCCCN)C(=O)N[C@@H](CCCNC(N)=O)C(=O)Nc1ccc(CO[C]=O)cc1. The monoisotopic (exact) mass is 519 g/mol. The second-order valence-electron chi connectivity index (χ2n) is 8.94. The van der Waals surface area contributed by atoms with Crippen LogP contribution in [0.2, 0.25) is 0 Å². The third-order valence-electron chi connectivity index (χ3n) is 5.49. The maximum atomic E-state index is 13.1. The molecule has 1 aromatic rings. The van der Waals surface area contributed by atoms with E-state index < -0.39 is 29.9 Å². The Morgan fingerprint density at radius 2 is 1.68 bits per heavy atom. The highest BCUT2D eigenvalue weighted by molar-refractivity contribution is 5.98. The molecule has 0 aliphatic rings. The maximum Gasteiger partial charge on any atom is 0.417 e. The van der Waals surface area contributed by atoms with Crippen molar-refractivity contribution >= 4 is 35.9 Å². The van der Waals surface area contributed by atoms with Crippen molar-refractivity contribution in [3.63, 3.8) is 0 Å². The van der Waals surface area contributed by atoms with Crippen molar-refractivity contribution < 1.29 is 28.7 Å². The first-order chi connectivity index (χ1) is 17.7. The summed E-state index contributed by atoms with van der Waals surface area (Å²) in [5.74, 6) is -1.40. The van der Waals surface area contributed by atoms with Crippen molar-refractivity contribution in [3.8, 4) is 0 Å². The molecule has 2 atom stereocenters. The van der Waals surface area contributed by atoms with Gasteiger partial charge < -0.3 is 37.5 Å². The van der Waals surface area contributed by atoms with Crippen LogP contribution in [0.15, 0.2) is 24.3 Å². The minimum atomic E-state index is -0.933. The van der Waals surface area contributed by atoms with Crippen molar-refractivity contribution in [3.05, 3.63) is 29.8 Å². The van der Waals surface area contributed by atoms with Crippen LogP contribution in [0, 0.1) is 5.92 Å². The van der Waals surface area contributed by atoms with Gasteiger partial charge in [-0.25, -0.2) is 9.59 Å². The van der Waals surface area contributed by atoms with E-state index in [1.54, 1.807) is 38.1 Å². The van der Waals surface area contributed by atoms with Crippen LogP contribution < -0.4 is 32.7 Å². The fourth-order valence-electron chi connectivity index (χ4n) is 3.46. The van der Waals surface area contributed by atoms with E-state index in [4.69, 9.17) is 11.5 Å². The lowest BCUT2D eigenvalue weighted by molar-refractivity contribution is -0.132. The van der Waals surface area contributed by atoms with E-state index in [0.717, 1.165) is 12.8 Å². The highest BCUT2D eigenvalue weighted by Gasteiger charge is 2.28. The van der Waals surface area contributed by atoms with Crippen LogP contribution in [-0.2, 0) is 30.5 Å². The third-order valence-corrected chi connectivity index (χ3v) is 5.49. The Hall–Kier alpha value is -3.67. The van der Waals surface area contributed by atoms with Crippen LogP contribution in [0.4, 0.5) is 10.5 Å². The van der Waals surface area contributed by atoms with Crippen LogP contribution in [0.3, 0.4) is 0 Å². The van der Waals surface area contributed by atoms with Gasteiger partial charge in [-0.05, 0) is 55.8 Å². The van der Waals surface area contributed by atoms with Crippen LogP contribution >= 0.6 is 0 Å². The van der Waals surface area contributed by atoms with Gasteiger partial charge in [0.25, 0.3) is 0 Å². The van der Waals surface area contributed by atoms with Crippen LogP contribution in [0.1, 0.15) is 57.9 Å². The first-order valence-corrected chi connectivity index (χ1v) is 12.4. The van der Waals surface area contributed by atoms with Gasteiger partial charge in [-0.2, -0.15) is 0 Å². The average Bonchev–Trinajstić information content (AvgIpc) is 2.86. The molecule has 5 amide bonds. The van der Waals surface area contributed by atoms with Crippen molar-refractivity contribution in [2.75, 3.05) is 18.4 Å². The van der Waals surface area contributed by atoms with Gasteiger partial charge in [0.15, 0.2) is 0 Å². The van der Waals surface area contributed by atoms with Gasteiger partial charge in [-0.3, -0.25) is 14.4 Å². The molecule has 0 aliphatic carbocycles. The number of anilines is 1. The molecule has 1 rings (SSSR count). The normalized spacial score (nSPS) is 12.2. The minimum Gasteiger partial charge on any atom is -0.452 e. The zero-order chi connectivity index (χ0) is 27.6. The fraction of sp³-hybridized carbons (Fsp3) is 0.560. The molecule has 12 heteroatoms. The summed E-state index contributed by atoms with van der Waals surface area (Å²) in [6.45, 7) is 5.80. The molecule has 0 unspecified atom stereocenters. The number of carbonyl (C=O) groups is 4. The molecule has 0 heterocycles. The lowest BCUT2D eigenvalue weighted by Gasteiger charge is -2.25. The molecule has 0 saturated carbocycles. The molecule has 1 aromatic carbocycles. The zero-order valence-corrected chi connectivity index (χ0v) is 21.5. The predicted octanol–water partition coefficient (Wildman–Crippen LogP) is 0.802.